The largest absolute Gasteiger partial charge is 0.289 e. The third-order valence-corrected chi connectivity index (χ3v) is 1.60. The molecule has 0 aliphatic rings. The number of nitro benzene ring substituents is 1. The van der Waals surface area contributed by atoms with Crippen LogP contribution in [0.25, 0.3) is 0 Å². The fraction of sp³-hybridized carbons (Fsp3) is 0. The van der Waals surface area contributed by atoms with Gasteiger partial charge in [-0.25, -0.2) is 0 Å². The molecule has 0 aromatic heterocycles. The van der Waals surface area contributed by atoms with E-state index in [1.54, 1.807) is 6.07 Å². The number of hydrogen-bond donors (Lipinski definition) is 0. The summed E-state index contributed by atoms with van der Waals surface area (Å²) in [6.45, 7) is 0. The summed E-state index contributed by atoms with van der Waals surface area (Å²) in [5, 5.41) is 19.1. The second kappa shape index (κ2) is 4.54. The van der Waals surface area contributed by atoms with E-state index in [0.717, 1.165) is 6.07 Å². The molecule has 0 unspecified atom stereocenters. The first-order valence-electron chi connectivity index (χ1n) is 3.82. The van der Waals surface area contributed by atoms with Gasteiger partial charge in [-0.2, -0.15) is 5.26 Å². The Kier molecular flexibility index (Phi) is 3.15. The van der Waals surface area contributed by atoms with Gasteiger partial charge in [-0.15, -0.1) is 0 Å². The van der Waals surface area contributed by atoms with Crippen molar-refractivity contribution in [2.75, 3.05) is 0 Å². The van der Waals surface area contributed by atoms with Gasteiger partial charge in [0.05, 0.1) is 10.5 Å². The molecule has 0 radical (unpaired) electrons. The van der Waals surface area contributed by atoms with E-state index in [0.29, 0.717) is 11.8 Å². The summed E-state index contributed by atoms with van der Waals surface area (Å²) >= 11 is 0. The standard InChI is InChI=1S/C10H4N2O3/c11-7-9-6-10(12(14)15)4-3-8(9)2-1-5-13/h3-6H. The normalized spacial score (nSPS) is 8.20. The van der Waals surface area contributed by atoms with E-state index >= 15 is 0 Å². The lowest BCUT2D eigenvalue weighted by molar-refractivity contribution is -0.384. The Bertz CT molecular complexity index is 518. The lowest BCUT2D eigenvalue weighted by Gasteiger charge is -1.94. The molecule has 0 saturated heterocycles. The van der Waals surface area contributed by atoms with Gasteiger partial charge in [-0.05, 0) is 12.0 Å². The Morgan fingerprint density at radius 2 is 2.13 bits per heavy atom. The van der Waals surface area contributed by atoms with Crippen LogP contribution in [0.1, 0.15) is 11.1 Å². The zero-order valence-electron chi connectivity index (χ0n) is 7.43. The predicted molar refractivity (Wildman–Crippen MR) is 50.8 cm³/mol. The maximum absolute atomic E-state index is 10.4. The lowest BCUT2D eigenvalue weighted by atomic mass is 10.1. The highest BCUT2D eigenvalue weighted by molar-refractivity contribution is 5.74. The first-order chi connectivity index (χ1) is 7.19. The first kappa shape index (κ1) is 10.4. The van der Waals surface area contributed by atoms with E-state index in [4.69, 9.17) is 5.26 Å². The molecule has 0 aliphatic heterocycles. The highest BCUT2D eigenvalue weighted by atomic mass is 16.6. The molecular formula is C10H4N2O3. The Hall–Kier alpha value is -2.66. The summed E-state index contributed by atoms with van der Waals surface area (Å²) in [6.07, 6.45) is 0.391. The molecule has 1 rings (SSSR count). The number of nitriles is 1. The highest BCUT2D eigenvalue weighted by Gasteiger charge is 2.08. The van der Waals surface area contributed by atoms with Crippen molar-refractivity contribution >= 4 is 12.0 Å². The van der Waals surface area contributed by atoms with Crippen molar-refractivity contribution in [1.29, 1.82) is 5.26 Å². The zero-order chi connectivity index (χ0) is 11.3. The van der Waals surface area contributed by atoms with Gasteiger partial charge >= 0.3 is 0 Å². The number of aldehydes is 1. The van der Waals surface area contributed by atoms with E-state index in [1.165, 1.54) is 12.1 Å². The van der Waals surface area contributed by atoms with Crippen LogP contribution in [-0.2, 0) is 4.79 Å². The highest BCUT2D eigenvalue weighted by Crippen LogP contribution is 2.16. The van der Waals surface area contributed by atoms with Crippen LogP contribution in [0.3, 0.4) is 0 Å². The van der Waals surface area contributed by atoms with Crippen LogP contribution >= 0.6 is 0 Å². The quantitative estimate of drug-likeness (QED) is 0.293. The molecule has 5 heteroatoms. The van der Waals surface area contributed by atoms with Gasteiger partial charge in [0.25, 0.3) is 5.69 Å². The number of hydrogen-bond acceptors (Lipinski definition) is 4. The molecule has 0 spiro atoms. The Morgan fingerprint density at radius 3 is 2.67 bits per heavy atom. The molecule has 0 aliphatic carbocycles. The lowest BCUT2D eigenvalue weighted by Crippen LogP contribution is -1.91. The minimum Gasteiger partial charge on any atom is -0.289 e. The van der Waals surface area contributed by atoms with E-state index in [2.05, 4.69) is 11.8 Å². The molecule has 0 bridgehead atoms. The minimum atomic E-state index is -0.599. The number of nitrogens with zero attached hydrogens (tertiary/aromatic N) is 2. The van der Waals surface area contributed by atoms with Crippen LogP contribution in [0.5, 0.6) is 0 Å². The van der Waals surface area contributed by atoms with E-state index in [9.17, 15) is 14.9 Å². The maximum Gasteiger partial charge on any atom is 0.270 e. The third kappa shape index (κ3) is 2.39. The molecule has 0 fully saturated rings. The number of carbonyl (C=O) groups excluding carboxylic acids is 1. The van der Waals surface area contributed by atoms with E-state index in [-0.39, 0.29) is 11.3 Å². The average Bonchev–Trinajstić information content (AvgIpc) is 2.25. The van der Waals surface area contributed by atoms with E-state index < -0.39 is 4.92 Å². The number of rotatable bonds is 1. The number of nitro groups is 1. The van der Waals surface area contributed by atoms with Gasteiger partial charge < -0.3 is 0 Å². The van der Waals surface area contributed by atoms with Crippen molar-refractivity contribution < 1.29 is 9.72 Å². The Labute approximate surface area is 85.1 Å². The van der Waals surface area contributed by atoms with Gasteiger partial charge in [-0.3, -0.25) is 14.9 Å². The topological polar surface area (TPSA) is 84.0 Å². The van der Waals surface area contributed by atoms with Crippen molar-refractivity contribution in [3.05, 3.63) is 39.4 Å². The number of non-ortho nitro benzene ring substituents is 1. The average molecular weight is 200 g/mol. The van der Waals surface area contributed by atoms with Crippen molar-refractivity contribution in [2.24, 2.45) is 0 Å². The molecule has 15 heavy (non-hydrogen) atoms. The summed E-state index contributed by atoms with van der Waals surface area (Å²) in [5.41, 5.74) is 0.206. The van der Waals surface area contributed by atoms with Crippen LogP contribution in [0, 0.1) is 33.3 Å². The van der Waals surface area contributed by atoms with Crippen LogP contribution in [-0.4, -0.2) is 11.2 Å². The predicted octanol–water partition coefficient (Wildman–Crippen LogP) is 1.02. The van der Waals surface area contributed by atoms with Gasteiger partial charge in [0.15, 0.2) is 6.29 Å². The van der Waals surface area contributed by atoms with Gasteiger partial charge in [-0.1, -0.05) is 5.92 Å². The van der Waals surface area contributed by atoms with Crippen molar-refractivity contribution in [3.8, 4) is 17.9 Å². The fourth-order valence-electron chi connectivity index (χ4n) is 0.955. The summed E-state index contributed by atoms with van der Waals surface area (Å²) in [7, 11) is 0. The minimum absolute atomic E-state index is 0.0820. The molecule has 0 amide bonds. The molecule has 72 valence electrons. The van der Waals surface area contributed by atoms with Gasteiger partial charge in [0.2, 0.25) is 0 Å². The molecule has 1 aromatic carbocycles. The molecule has 0 saturated carbocycles. The summed E-state index contributed by atoms with van der Waals surface area (Å²) < 4.78 is 0. The SMILES string of the molecule is N#Cc1cc([N+](=O)[O-])ccc1C#CC=O. The zero-order valence-corrected chi connectivity index (χ0v) is 7.43. The Balaban J connectivity index is 3.28. The van der Waals surface area contributed by atoms with Gasteiger partial charge in [0.1, 0.15) is 6.07 Å². The first-order valence-corrected chi connectivity index (χ1v) is 3.82. The second-order valence-electron chi connectivity index (χ2n) is 2.49. The van der Waals surface area contributed by atoms with Crippen molar-refractivity contribution in [3.63, 3.8) is 0 Å². The van der Waals surface area contributed by atoms with Crippen LogP contribution < -0.4 is 0 Å². The van der Waals surface area contributed by atoms with Gasteiger partial charge in [0, 0.05) is 17.7 Å². The molecule has 1 aromatic rings. The fourth-order valence-corrected chi connectivity index (χ4v) is 0.955. The number of benzene rings is 1. The van der Waals surface area contributed by atoms with Crippen LogP contribution in [0.2, 0.25) is 0 Å². The summed E-state index contributed by atoms with van der Waals surface area (Å²) in [5.74, 6) is 4.55. The van der Waals surface area contributed by atoms with Crippen molar-refractivity contribution in [2.45, 2.75) is 0 Å². The van der Waals surface area contributed by atoms with Crippen molar-refractivity contribution in [1.82, 2.24) is 0 Å². The number of carbonyl (C=O) groups is 1. The second-order valence-corrected chi connectivity index (χ2v) is 2.49. The smallest absolute Gasteiger partial charge is 0.270 e. The molecular weight excluding hydrogens is 196 g/mol. The maximum atomic E-state index is 10.4. The molecule has 5 nitrogen and oxygen atoms in total. The van der Waals surface area contributed by atoms with Crippen LogP contribution in [0.4, 0.5) is 5.69 Å². The Morgan fingerprint density at radius 1 is 1.40 bits per heavy atom. The third-order valence-electron chi connectivity index (χ3n) is 1.60. The van der Waals surface area contributed by atoms with Crippen LogP contribution in [0.15, 0.2) is 18.2 Å². The summed E-state index contributed by atoms with van der Waals surface area (Å²) in [6, 6.07) is 5.47. The van der Waals surface area contributed by atoms with E-state index in [1.807, 2.05) is 0 Å². The molecule has 0 heterocycles. The molecule has 0 N–H and O–H groups in total. The monoisotopic (exact) mass is 200 g/mol. The summed E-state index contributed by atoms with van der Waals surface area (Å²) in [4.78, 5) is 19.8. The molecule has 0 atom stereocenters.